The van der Waals surface area contributed by atoms with Gasteiger partial charge in [-0.1, -0.05) is 22.0 Å². The van der Waals surface area contributed by atoms with Gasteiger partial charge in [0.15, 0.2) is 5.65 Å². The minimum Gasteiger partial charge on any atom is -0.490 e. The molecule has 1 aromatic carbocycles. The summed E-state index contributed by atoms with van der Waals surface area (Å²) in [5, 5.41) is 7.85. The Hall–Kier alpha value is -3.23. The molecule has 1 aliphatic carbocycles. The molecule has 2 saturated heterocycles. The van der Waals surface area contributed by atoms with Gasteiger partial charge in [-0.05, 0) is 62.8 Å². The van der Waals surface area contributed by atoms with Crippen molar-refractivity contribution >= 4 is 44.6 Å². The number of hydrogen-bond acceptors (Lipinski definition) is 8. The van der Waals surface area contributed by atoms with Crippen molar-refractivity contribution in [1.82, 2.24) is 25.0 Å². The Morgan fingerprint density at radius 1 is 1.00 bits per heavy atom. The molecule has 1 saturated carbocycles. The van der Waals surface area contributed by atoms with Crippen LogP contribution in [0, 0.1) is 0 Å². The number of nitrogens with zero attached hydrogens (tertiary/aromatic N) is 5. The quantitative estimate of drug-likeness (QED) is 0.240. The second-order valence-corrected chi connectivity index (χ2v) is 13.1. The summed E-state index contributed by atoms with van der Waals surface area (Å²) in [6, 6.07) is 8.28. The van der Waals surface area contributed by atoms with Crippen LogP contribution in [-0.2, 0) is 27.5 Å². The predicted octanol–water partition coefficient (Wildman–Crippen LogP) is 5.19. The zero-order chi connectivity index (χ0) is 32.4. The van der Waals surface area contributed by atoms with Gasteiger partial charge in [-0.2, -0.15) is 18.3 Å². The molecule has 4 heterocycles. The molecular weight excluding hydrogens is 669 g/mol. The van der Waals surface area contributed by atoms with Gasteiger partial charge in [0.1, 0.15) is 17.1 Å². The summed E-state index contributed by atoms with van der Waals surface area (Å²) in [6.45, 7) is 5.08. The number of halogens is 4. The number of amides is 2. The average molecular weight is 708 g/mol. The van der Waals surface area contributed by atoms with Crippen molar-refractivity contribution in [3.8, 4) is 5.75 Å². The molecule has 1 unspecified atom stereocenters. The van der Waals surface area contributed by atoms with E-state index in [1.807, 2.05) is 19.2 Å². The average Bonchev–Trinajstić information content (AvgIpc) is 3.35. The van der Waals surface area contributed by atoms with E-state index in [1.54, 1.807) is 10.7 Å². The summed E-state index contributed by atoms with van der Waals surface area (Å²) in [5.41, 5.74) is 0.618. The zero-order valence-corrected chi connectivity index (χ0v) is 27.3. The molecule has 1 atom stereocenters. The lowest BCUT2D eigenvalue weighted by molar-refractivity contribution is -0.140. The van der Waals surface area contributed by atoms with Gasteiger partial charge in [0, 0.05) is 62.7 Å². The summed E-state index contributed by atoms with van der Waals surface area (Å²) in [4.78, 5) is 33.6. The lowest BCUT2D eigenvalue weighted by atomic mass is 9.93. The van der Waals surface area contributed by atoms with Crippen LogP contribution in [-0.4, -0.2) is 83.0 Å². The van der Waals surface area contributed by atoms with Crippen molar-refractivity contribution in [2.45, 2.75) is 69.2 Å². The van der Waals surface area contributed by atoms with E-state index in [0.29, 0.717) is 38.0 Å². The lowest BCUT2D eigenvalue weighted by Crippen LogP contribution is -2.47. The molecule has 6 rings (SSSR count). The number of pyridine rings is 1. The van der Waals surface area contributed by atoms with Gasteiger partial charge < -0.3 is 14.4 Å². The molecule has 14 heteroatoms. The molecule has 0 spiro atoms. The molecule has 1 N–H and O–H groups in total. The van der Waals surface area contributed by atoms with Crippen molar-refractivity contribution in [2.75, 3.05) is 44.2 Å². The van der Waals surface area contributed by atoms with E-state index in [0.717, 1.165) is 68.8 Å². The monoisotopic (exact) mass is 706 g/mol. The first-order valence-electron chi connectivity index (χ1n) is 15.9. The minimum atomic E-state index is -4.49. The van der Waals surface area contributed by atoms with E-state index >= 15 is 0 Å². The molecule has 0 bridgehead atoms. The Morgan fingerprint density at radius 3 is 2.46 bits per heavy atom. The van der Waals surface area contributed by atoms with Crippen LogP contribution in [0.25, 0.3) is 11.0 Å². The Kier molecular flexibility index (Phi) is 9.85. The summed E-state index contributed by atoms with van der Waals surface area (Å²) < 4.78 is 54.1. The summed E-state index contributed by atoms with van der Waals surface area (Å²) in [7, 11) is 1.82. The molecule has 10 nitrogen and oxygen atoms in total. The smallest absolute Gasteiger partial charge is 0.421 e. The second kappa shape index (κ2) is 13.9. The lowest BCUT2D eigenvalue weighted by Gasteiger charge is -2.35. The number of rotatable bonds is 9. The maximum absolute atomic E-state index is 13.5. The van der Waals surface area contributed by atoms with Crippen LogP contribution in [0.4, 0.5) is 19.0 Å². The Labute approximate surface area is 273 Å². The summed E-state index contributed by atoms with van der Waals surface area (Å²) in [6.07, 6.45) is -0.131. The van der Waals surface area contributed by atoms with Gasteiger partial charge in [0.05, 0.1) is 23.8 Å². The van der Waals surface area contributed by atoms with Gasteiger partial charge in [-0.3, -0.25) is 24.5 Å². The van der Waals surface area contributed by atoms with Crippen LogP contribution in [0.1, 0.15) is 62.1 Å². The van der Waals surface area contributed by atoms with Gasteiger partial charge in [-0.15, -0.1) is 0 Å². The van der Waals surface area contributed by atoms with Crippen LogP contribution in [0.3, 0.4) is 0 Å². The second-order valence-electron chi connectivity index (χ2n) is 12.2. The number of hydrogen-bond donors (Lipinski definition) is 1. The van der Waals surface area contributed by atoms with E-state index in [4.69, 9.17) is 14.5 Å². The standard InChI is InChI=1S/C32H38BrF3N6O4/c1-40-30-22(29(39-40)23-11-13-27(43)38-31(23)44)10-12-26(37-30)42-17-15-41(16-18-42)14-3-19-45-20-6-8-21(9-7-20)46-25-5-2-4-24(33)28(25)32(34,35)36/h2,4-5,10,12,20-21,23H,3,6-9,11,13-19H2,1H3,(H,38,43,44). The highest BCUT2D eigenvalue weighted by molar-refractivity contribution is 9.10. The Morgan fingerprint density at radius 2 is 1.74 bits per heavy atom. The first kappa shape index (κ1) is 32.7. The molecule has 248 valence electrons. The van der Waals surface area contributed by atoms with Gasteiger partial charge >= 0.3 is 6.18 Å². The summed E-state index contributed by atoms with van der Waals surface area (Å²) >= 11 is 3.01. The minimum absolute atomic E-state index is 0.0131. The van der Waals surface area contributed by atoms with Gasteiger partial charge in [0.25, 0.3) is 0 Å². The third kappa shape index (κ3) is 7.33. The van der Waals surface area contributed by atoms with E-state index in [1.165, 1.54) is 12.1 Å². The maximum atomic E-state index is 13.5. The molecule has 2 aliphatic heterocycles. The highest BCUT2D eigenvalue weighted by atomic mass is 79.9. The Bertz CT molecular complexity index is 1570. The van der Waals surface area contributed by atoms with Crippen molar-refractivity contribution in [3.63, 3.8) is 0 Å². The molecule has 3 aliphatic rings. The molecule has 3 fully saturated rings. The third-order valence-corrected chi connectivity index (χ3v) is 9.77. The number of piperazine rings is 1. The largest absolute Gasteiger partial charge is 0.490 e. The van der Waals surface area contributed by atoms with E-state index < -0.39 is 17.7 Å². The third-order valence-electron chi connectivity index (χ3n) is 9.11. The van der Waals surface area contributed by atoms with Gasteiger partial charge in [-0.25, -0.2) is 4.98 Å². The fraction of sp³-hybridized carbons (Fsp3) is 0.562. The molecule has 46 heavy (non-hydrogen) atoms. The Balaban J connectivity index is 0.918. The SMILES string of the molecule is Cn1nc(C2CCC(=O)NC2=O)c2ccc(N3CCN(CCCOC4CCC(Oc5cccc(Br)c5C(F)(F)F)CC4)CC3)nc21. The number of carbonyl (C=O) groups excluding carboxylic acids is 2. The van der Waals surface area contributed by atoms with Crippen LogP contribution in [0.15, 0.2) is 34.8 Å². The van der Waals surface area contributed by atoms with Crippen molar-refractivity contribution in [3.05, 3.63) is 46.1 Å². The number of carbonyl (C=O) groups is 2. The number of nitrogens with one attached hydrogen (secondary N) is 1. The van der Waals surface area contributed by atoms with E-state index in [9.17, 15) is 22.8 Å². The van der Waals surface area contributed by atoms with Crippen LogP contribution in [0.2, 0.25) is 0 Å². The van der Waals surface area contributed by atoms with Gasteiger partial charge in [0.2, 0.25) is 11.8 Å². The number of alkyl halides is 3. The van der Waals surface area contributed by atoms with E-state index in [-0.39, 0.29) is 34.2 Å². The topological polar surface area (TPSA) is 102 Å². The van der Waals surface area contributed by atoms with Crippen LogP contribution < -0.4 is 15.0 Å². The number of aryl methyl sites for hydroxylation is 1. The molecule has 3 aromatic rings. The number of fused-ring (bicyclic) bond motifs is 1. The van der Waals surface area contributed by atoms with E-state index in [2.05, 4.69) is 36.1 Å². The number of imide groups is 1. The number of aromatic nitrogens is 3. The zero-order valence-electron chi connectivity index (χ0n) is 25.7. The number of anilines is 1. The van der Waals surface area contributed by atoms with Crippen LogP contribution in [0.5, 0.6) is 5.75 Å². The molecular formula is C32H38BrF3N6O4. The first-order valence-corrected chi connectivity index (χ1v) is 16.6. The molecule has 2 aromatic heterocycles. The highest BCUT2D eigenvalue weighted by Crippen LogP contribution is 2.42. The molecule has 2 amide bonds. The molecule has 0 radical (unpaired) electrons. The van der Waals surface area contributed by atoms with Crippen LogP contribution >= 0.6 is 15.9 Å². The van der Waals surface area contributed by atoms with Crippen molar-refractivity contribution in [1.29, 1.82) is 0 Å². The van der Waals surface area contributed by atoms with Crippen molar-refractivity contribution < 1.29 is 32.2 Å². The fourth-order valence-electron chi connectivity index (χ4n) is 6.65. The predicted molar refractivity (Wildman–Crippen MR) is 169 cm³/mol. The normalized spacial score (nSPS) is 23.2. The fourth-order valence-corrected chi connectivity index (χ4v) is 7.22. The number of benzene rings is 1. The number of ether oxygens (including phenoxy) is 2. The van der Waals surface area contributed by atoms with Crippen molar-refractivity contribution in [2.24, 2.45) is 7.05 Å². The highest BCUT2D eigenvalue weighted by Gasteiger charge is 2.38. The number of piperidine rings is 1. The maximum Gasteiger partial charge on any atom is 0.421 e. The summed E-state index contributed by atoms with van der Waals surface area (Å²) in [5.74, 6) is -0.252. The first-order chi connectivity index (χ1) is 22.1.